The van der Waals surface area contributed by atoms with E-state index in [0.29, 0.717) is 12.5 Å². The van der Waals surface area contributed by atoms with Crippen LogP contribution in [0.1, 0.15) is 62.7 Å². The molecule has 1 saturated heterocycles. The van der Waals surface area contributed by atoms with Crippen molar-refractivity contribution in [1.29, 1.82) is 0 Å². The predicted molar refractivity (Wildman–Crippen MR) is 104 cm³/mol. The highest BCUT2D eigenvalue weighted by Crippen LogP contribution is 2.30. The second kappa shape index (κ2) is 9.99. The minimum atomic E-state index is -0.0703. The number of hydrogen-bond donors (Lipinski definition) is 2. The number of aliphatic hydroxyl groups excluding tert-OH is 1. The van der Waals surface area contributed by atoms with Gasteiger partial charge in [-0.3, -0.25) is 4.79 Å². The van der Waals surface area contributed by atoms with Gasteiger partial charge in [0, 0.05) is 38.1 Å². The third-order valence-corrected chi connectivity index (χ3v) is 5.54. The van der Waals surface area contributed by atoms with Crippen LogP contribution in [0.4, 0.5) is 5.95 Å². The summed E-state index contributed by atoms with van der Waals surface area (Å²) in [6.45, 7) is 4.89. The average molecular weight is 377 g/mol. The molecule has 0 spiro atoms. The van der Waals surface area contributed by atoms with Gasteiger partial charge in [0.15, 0.2) is 0 Å². The summed E-state index contributed by atoms with van der Waals surface area (Å²) in [7, 11) is 0. The molecule has 0 bridgehead atoms. The zero-order valence-electron chi connectivity index (χ0n) is 16.3. The highest BCUT2D eigenvalue weighted by Gasteiger charge is 2.26. The number of carbonyl (C=O) groups excluding carboxylic acids is 1. The van der Waals surface area contributed by atoms with Crippen molar-refractivity contribution in [3.05, 3.63) is 17.5 Å². The number of unbranched alkanes of at least 4 members (excludes halogenated alkanes) is 1. The lowest BCUT2D eigenvalue weighted by Crippen LogP contribution is -2.37. The number of ether oxygens (including phenoxy) is 1. The maximum Gasteiger partial charge on any atom is 0.246 e. The molecule has 2 aliphatic rings. The molecule has 1 aromatic heterocycles. The van der Waals surface area contributed by atoms with Gasteiger partial charge in [0.1, 0.15) is 6.61 Å². The summed E-state index contributed by atoms with van der Waals surface area (Å²) in [6, 6.07) is -0.0230. The molecule has 2 N–H and O–H groups in total. The van der Waals surface area contributed by atoms with Gasteiger partial charge in [-0.2, -0.15) is 0 Å². The zero-order chi connectivity index (χ0) is 19.1. The van der Waals surface area contributed by atoms with Crippen molar-refractivity contribution >= 4 is 11.9 Å². The van der Waals surface area contributed by atoms with E-state index in [2.05, 4.69) is 22.1 Å². The Hall–Kier alpha value is -1.73. The smallest absolute Gasteiger partial charge is 0.246 e. The molecule has 1 aliphatic heterocycles. The second-order valence-electron chi connectivity index (χ2n) is 7.60. The van der Waals surface area contributed by atoms with Gasteiger partial charge < -0.3 is 20.1 Å². The van der Waals surface area contributed by atoms with Crippen LogP contribution in [0, 0.1) is 5.92 Å². The molecule has 7 heteroatoms. The summed E-state index contributed by atoms with van der Waals surface area (Å²) in [5.41, 5.74) is 2.09. The predicted octanol–water partition coefficient (Wildman–Crippen LogP) is 2.00. The molecule has 0 radical (unpaired) electrons. The van der Waals surface area contributed by atoms with Crippen molar-refractivity contribution in [2.24, 2.45) is 5.92 Å². The Labute approximate surface area is 161 Å². The number of carbonyl (C=O) groups is 1. The van der Waals surface area contributed by atoms with Gasteiger partial charge in [-0.15, -0.1) is 0 Å². The fourth-order valence-corrected chi connectivity index (χ4v) is 3.80. The summed E-state index contributed by atoms with van der Waals surface area (Å²) in [6.07, 6.45) is 8.74. The SMILES string of the molecule is CCCCOCC(=O)NC1CCCc2nc(N3CCC(CO)CC3)ncc21. The van der Waals surface area contributed by atoms with E-state index in [1.807, 2.05) is 6.20 Å². The number of hydrogen-bond acceptors (Lipinski definition) is 6. The summed E-state index contributed by atoms with van der Waals surface area (Å²) in [5.74, 6) is 1.11. The average Bonchev–Trinajstić information content (AvgIpc) is 2.71. The van der Waals surface area contributed by atoms with E-state index in [0.717, 1.165) is 75.2 Å². The maximum absolute atomic E-state index is 12.2. The molecule has 0 aromatic carbocycles. The van der Waals surface area contributed by atoms with E-state index >= 15 is 0 Å². The van der Waals surface area contributed by atoms with Crippen LogP contribution >= 0.6 is 0 Å². The van der Waals surface area contributed by atoms with E-state index in [4.69, 9.17) is 9.72 Å². The van der Waals surface area contributed by atoms with Gasteiger partial charge in [0.25, 0.3) is 0 Å². The van der Waals surface area contributed by atoms with Crippen LogP contribution < -0.4 is 10.2 Å². The normalized spacial score (nSPS) is 20.4. The van der Waals surface area contributed by atoms with Crippen LogP contribution in [-0.2, 0) is 16.0 Å². The summed E-state index contributed by atoms with van der Waals surface area (Å²) in [4.78, 5) is 23.7. The Morgan fingerprint density at radius 2 is 2.19 bits per heavy atom. The van der Waals surface area contributed by atoms with Crippen LogP contribution in [-0.4, -0.2) is 53.9 Å². The van der Waals surface area contributed by atoms with Crippen molar-refractivity contribution < 1.29 is 14.6 Å². The van der Waals surface area contributed by atoms with Crippen molar-refractivity contribution in [2.45, 2.75) is 57.9 Å². The topological polar surface area (TPSA) is 87.6 Å². The second-order valence-corrected chi connectivity index (χ2v) is 7.60. The van der Waals surface area contributed by atoms with E-state index in [-0.39, 0.29) is 25.2 Å². The lowest BCUT2D eigenvalue weighted by molar-refractivity contribution is -0.126. The molecule has 27 heavy (non-hydrogen) atoms. The standard InChI is InChI=1S/C20H32N4O3/c1-2-3-11-27-14-19(26)22-17-5-4-6-18-16(17)12-21-20(23-18)24-9-7-15(13-25)8-10-24/h12,15,17,25H,2-11,13-14H2,1H3,(H,22,26). The number of rotatable bonds is 8. The molecule has 1 unspecified atom stereocenters. The number of anilines is 1. The number of nitrogens with zero attached hydrogens (tertiary/aromatic N) is 3. The van der Waals surface area contributed by atoms with E-state index in [1.54, 1.807) is 0 Å². The summed E-state index contributed by atoms with van der Waals surface area (Å²) < 4.78 is 5.41. The van der Waals surface area contributed by atoms with Gasteiger partial charge in [-0.25, -0.2) is 9.97 Å². The third kappa shape index (κ3) is 5.39. The number of nitrogens with one attached hydrogen (secondary N) is 1. The highest BCUT2D eigenvalue weighted by atomic mass is 16.5. The summed E-state index contributed by atoms with van der Waals surface area (Å²) >= 11 is 0. The monoisotopic (exact) mass is 376 g/mol. The Morgan fingerprint density at radius 1 is 1.37 bits per heavy atom. The minimum Gasteiger partial charge on any atom is -0.396 e. The van der Waals surface area contributed by atoms with Crippen LogP contribution in [0.5, 0.6) is 0 Å². The van der Waals surface area contributed by atoms with Crippen LogP contribution in [0.15, 0.2) is 6.20 Å². The Morgan fingerprint density at radius 3 is 2.93 bits per heavy atom. The molecule has 1 amide bonds. The Balaban J connectivity index is 1.59. The number of piperidine rings is 1. The third-order valence-electron chi connectivity index (χ3n) is 5.54. The van der Waals surface area contributed by atoms with Crippen molar-refractivity contribution in [3.8, 4) is 0 Å². The Kier molecular flexibility index (Phi) is 7.41. The lowest BCUT2D eigenvalue weighted by atomic mass is 9.92. The number of aromatic nitrogens is 2. The fourth-order valence-electron chi connectivity index (χ4n) is 3.80. The van der Waals surface area contributed by atoms with Gasteiger partial charge in [0.2, 0.25) is 11.9 Å². The molecule has 150 valence electrons. The molecule has 3 rings (SSSR count). The number of fused-ring (bicyclic) bond motifs is 1. The number of amides is 1. The van der Waals surface area contributed by atoms with Gasteiger partial charge in [-0.1, -0.05) is 13.3 Å². The quantitative estimate of drug-likeness (QED) is 0.675. The largest absolute Gasteiger partial charge is 0.396 e. The highest BCUT2D eigenvalue weighted by molar-refractivity contribution is 5.77. The number of aryl methyl sites for hydroxylation is 1. The first kappa shape index (κ1) is 20.0. The first-order valence-electron chi connectivity index (χ1n) is 10.3. The van der Waals surface area contributed by atoms with Crippen molar-refractivity contribution in [2.75, 3.05) is 37.8 Å². The number of aliphatic hydroxyl groups is 1. The molecule has 1 fully saturated rings. The summed E-state index contributed by atoms with van der Waals surface area (Å²) in [5, 5.41) is 12.4. The van der Waals surface area contributed by atoms with Crippen molar-refractivity contribution in [1.82, 2.24) is 15.3 Å². The van der Waals surface area contributed by atoms with Gasteiger partial charge >= 0.3 is 0 Å². The molecule has 1 aromatic rings. The molecular weight excluding hydrogens is 344 g/mol. The van der Waals surface area contributed by atoms with E-state index in [9.17, 15) is 9.90 Å². The lowest BCUT2D eigenvalue weighted by Gasteiger charge is -2.32. The molecule has 2 heterocycles. The zero-order valence-corrected chi connectivity index (χ0v) is 16.3. The van der Waals surface area contributed by atoms with Crippen LogP contribution in [0.2, 0.25) is 0 Å². The van der Waals surface area contributed by atoms with Gasteiger partial charge in [0.05, 0.1) is 11.7 Å². The molecule has 0 saturated carbocycles. The van der Waals surface area contributed by atoms with E-state index < -0.39 is 0 Å². The maximum atomic E-state index is 12.2. The Bertz CT molecular complexity index is 617. The minimum absolute atomic E-state index is 0.0230. The van der Waals surface area contributed by atoms with E-state index in [1.165, 1.54) is 0 Å². The van der Waals surface area contributed by atoms with Crippen LogP contribution in [0.3, 0.4) is 0 Å². The first-order chi connectivity index (χ1) is 13.2. The van der Waals surface area contributed by atoms with Crippen LogP contribution in [0.25, 0.3) is 0 Å². The van der Waals surface area contributed by atoms with Gasteiger partial charge in [-0.05, 0) is 44.4 Å². The first-order valence-corrected chi connectivity index (χ1v) is 10.3. The van der Waals surface area contributed by atoms with Crippen molar-refractivity contribution in [3.63, 3.8) is 0 Å². The molecule has 7 nitrogen and oxygen atoms in total. The molecule has 1 aliphatic carbocycles. The molecular formula is C20H32N4O3. The fraction of sp³-hybridized carbons (Fsp3) is 0.750. The molecule has 1 atom stereocenters.